The first kappa shape index (κ1) is 13.7. The van der Waals surface area contributed by atoms with Crippen molar-refractivity contribution in [2.24, 2.45) is 11.8 Å². The standard InChI is InChI=1S/C13H21N5O/c1-2-9-5-3-4-6-10(9)15-13(19)11-7-8-12(16-14)18-17-11/h7-10H,2-6,14H2,1H3,(H,15,19)(H,16,18). The molecule has 1 aliphatic rings. The molecule has 2 rings (SSSR count). The lowest BCUT2D eigenvalue weighted by Gasteiger charge is -2.31. The summed E-state index contributed by atoms with van der Waals surface area (Å²) in [4.78, 5) is 12.1. The molecule has 1 aromatic heterocycles. The van der Waals surface area contributed by atoms with Crippen molar-refractivity contribution < 1.29 is 4.79 Å². The van der Waals surface area contributed by atoms with Gasteiger partial charge in [0.15, 0.2) is 11.5 Å². The third kappa shape index (κ3) is 3.41. The largest absolute Gasteiger partial charge is 0.348 e. The van der Waals surface area contributed by atoms with Crippen LogP contribution in [-0.4, -0.2) is 22.1 Å². The molecule has 4 N–H and O–H groups in total. The van der Waals surface area contributed by atoms with E-state index in [0.29, 0.717) is 17.4 Å². The van der Waals surface area contributed by atoms with Gasteiger partial charge >= 0.3 is 0 Å². The molecule has 1 fully saturated rings. The van der Waals surface area contributed by atoms with Gasteiger partial charge < -0.3 is 10.7 Å². The van der Waals surface area contributed by atoms with Crippen LogP contribution in [0.5, 0.6) is 0 Å². The van der Waals surface area contributed by atoms with Crippen LogP contribution in [0.4, 0.5) is 5.82 Å². The third-order valence-corrected chi connectivity index (χ3v) is 3.80. The SMILES string of the molecule is CCC1CCCCC1NC(=O)c1ccc(NN)nn1. The molecular weight excluding hydrogens is 242 g/mol. The van der Waals surface area contributed by atoms with E-state index in [1.807, 2.05) is 0 Å². The predicted molar refractivity (Wildman–Crippen MR) is 73.3 cm³/mol. The summed E-state index contributed by atoms with van der Waals surface area (Å²) in [6.45, 7) is 2.18. The highest BCUT2D eigenvalue weighted by atomic mass is 16.2. The van der Waals surface area contributed by atoms with Gasteiger partial charge in [-0.15, -0.1) is 10.2 Å². The predicted octanol–water partition coefficient (Wildman–Crippen LogP) is 1.46. The van der Waals surface area contributed by atoms with Gasteiger partial charge in [-0.25, -0.2) is 5.84 Å². The lowest BCUT2D eigenvalue weighted by Crippen LogP contribution is -2.42. The number of hydrogen-bond acceptors (Lipinski definition) is 5. The van der Waals surface area contributed by atoms with Gasteiger partial charge in [0.05, 0.1) is 0 Å². The highest BCUT2D eigenvalue weighted by Crippen LogP contribution is 2.26. The van der Waals surface area contributed by atoms with E-state index >= 15 is 0 Å². The number of carbonyl (C=O) groups excluding carboxylic acids is 1. The van der Waals surface area contributed by atoms with E-state index < -0.39 is 0 Å². The summed E-state index contributed by atoms with van der Waals surface area (Å²) < 4.78 is 0. The maximum Gasteiger partial charge on any atom is 0.272 e. The molecule has 0 aromatic carbocycles. The molecule has 1 heterocycles. The van der Waals surface area contributed by atoms with Crippen molar-refractivity contribution in [3.05, 3.63) is 17.8 Å². The Balaban J connectivity index is 1.98. The Morgan fingerprint density at radius 2 is 2.16 bits per heavy atom. The van der Waals surface area contributed by atoms with Crippen molar-refractivity contribution in [3.63, 3.8) is 0 Å². The van der Waals surface area contributed by atoms with Crippen molar-refractivity contribution in [2.45, 2.75) is 45.1 Å². The fraction of sp³-hybridized carbons (Fsp3) is 0.615. The zero-order valence-corrected chi connectivity index (χ0v) is 11.2. The van der Waals surface area contributed by atoms with E-state index in [2.05, 4.69) is 27.9 Å². The molecular formula is C13H21N5O. The van der Waals surface area contributed by atoms with Gasteiger partial charge in [-0.05, 0) is 30.9 Å². The Hall–Kier alpha value is -1.69. The van der Waals surface area contributed by atoms with Gasteiger partial charge in [-0.2, -0.15) is 0 Å². The average Bonchev–Trinajstić information content (AvgIpc) is 2.48. The van der Waals surface area contributed by atoms with Crippen LogP contribution in [0, 0.1) is 5.92 Å². The summed E-state index contributed by atoms with van der Waals surface area (Å²) in [5.41, 5.74) is 2.72. The normalized spacial score (nSPS) is 22.8. The number of amides is 1. The molecule has 2 atom stereocenters. The molecule has 6 nitrogen and oxygen atoms in total. The second-order valence-corrected chi connectivity index (χ2v) is 4.98. The minimum Gasteiger partial charge on any atom is -0.348 e. The van der Waals surface area contributed by atoms with Gasteiger partial charge in [-0.1, -0.05) is 26.2 Å². The average molecular weight is 263 g/mol. The van der Waals surface area contributed by atoms with Crippen molar-refractivity contribution >= 4 is 11.7 Å². The van der Waals surface area contributed by atoms with Crippen molar-refractivity contribution in [3.8, 4) is 0 Å². The molecule has 6 heteroatoms. The number of anilines is 1. The molecule has 0 radical (unpaired) electrons. The summed E-state index contributed by atoms with van der Waals surface area (Å²) in [5, 5.41) is 10.7. The number of hydrogen-bond donors (Lipinski definition) is 3. The number of nitrogens with two attached hydrogens (primary N) is 1. The Labute approximate surface area is 113 Å². The Morgan fingerprint density at radius 3 is 2.79 bits per heavy atom. The minimum atomic E-state index is -0.151. The number of nitrogen functional groups attached to an aromatic ring is 1. The second kappa shape index (κ2) is 6.47. The maximum absolute atomic E-state index is 12.1. The monoisotopic (exact) mass is 263 g/mol. The molecule has 0 aliphatic heterocycles. The minimum absolute atomic E-state index is 0.151. The number of rotatable bonds is 4. The molecule has 1 amide bonds. The maximum atomic E-state index is 12.1. The van der Waals surface area contributed by atoms with E-state index in [-0.39, 0.29) is 11.9 Å². The fourth-order valence-electron chi connectivity index (χ4n) is 2.66. The highest BCUT2D eigenvalue weighted by Gasteiger charge is 2.25. The van der Waals surface area contributed by atoms with Gasteiger partial charge in [0.1, 0.15) is 0 Å². The van der Waals surface area contributed by atoms with Gasteiger partial charge in [-0.3, -0.25) is 4.79 Å². The quantitative estimate of drug-likeness (QED) is 0.565. The zero-order valence-electron chi connectivity index (χ0n) is 11.2. The molecule has 104 valence electrons. The fourth-order valence-corrected chi connectivity index (χ4v) is 2.66. The van der Waals surface area contributed by atoms with Crippen molar-refractivity contribution in [1.82, 2.24) is 15.5 Å². The number of carbonyl (C=O) groups is 1. The number of aromatic nitrogens is 2. The van der Waals surface area contributed by atoms with E-state index in [0.717, 1.165) is 12.8 Å². The van der Waals surface area contributed by atoms with Crippen LogP contribution in [0.1, 0.15) is 49.5 Å². The smallest absolute Gasteiger partial charge is 0.272 e. The second-order valence-electron chi connectivity index (χ2n) is 4.98. The van der Waals surface area contributed by atoms with Crippen LogP contribution in [-0.2, 0) is 0 Å². The summed E-state index contributed by atoms with van der Waals surface area (Å²) in [6.07, 6.45) is 5.81. The Bertz CT molecular complexity index is 420. The third-order valence-electron chi connectivity index (χ3n) is 3.80. The summed E-state index contributed by atoms with van der Waals surface area (Å²) in [6, 6.07) is 3.53. The van der Waals surface area contributed by atoms with Crippen LogP contribution in [0.15, 0.2) is 12.1 Å². The van der Waals surface area contributed by atoms with Crippen LogP contribution >= 0.6 is 0 Å². The van der Waals surface area contributed by atoms with Crippen LogP contribution in [0.3, 0.4) is 0 Å². The molecule has 19 heavy (non-hydrogen) atoms. The van der Waals surface area contributed by atoms with E-state index in [4.69, 9.17) is 5.84 Å². The first-order chi connectivity index (χ1) is 9.24. The van der Waals surface area contributed by atoms with E-state index in [9.17, 15) is 4.79 Å². The molecule has 0 bridgehead atoms. The molecule has 1 saturated carbocycles. The molecule has 2 unspecified atom stereocenters. The lowest BCUT2D eigenvalue weighted by molar-refractivity contribution is 0.0898. The number of nitrogens with one attached hydrogen (secondary N) is 2. The highest BCUT2D eigenvalue weighted by molar-refractivity contribution is 5.92. The first-order valence-electron chi connectivity index (χ1n) is 6.85. The van der Waals surface area contributed by atoms with Crippen molar-refractivity contribution in [2.75, 3.05) is 5.43 Å². The Kier molecular flexibility index (Phi) is 4.68. The van der Waals surface area contributed by atoms with E-state index in [1.165, 1.54) is 19.3 Å². The topological polar surface area (TPSA) is 92.9 Å². The van der Waals surface area contributed by atoms with Gasteiger partial charge in [0, 0.05) is 6.04 Å². The number of nitrogens with zero attached hydrogens (tertiary/aromatic N) is 2. The van der Waals surface area contributed by atoms with Crippen molar-refractivity contribution in [1.29, 1.82) is 0 Å². The Morgan fingerprint density at radius 1 is 1.37 bits per heavy atom. The van der Waals surface area contributed by atoms with Crippen LogP contribution < -0.4 is 16.6 Å². The summed E-state index contributed by atoms with van der Waals surface area (Å²) in [7, 11) is 0. The number of hydrazine groups is 1. The van der Waals surface area contributed by atoms with Gasteiger partial charge in [0.2, 0.25) is 0 Å². The molecule has 0 saturated heterocycles. The summed E-state index contributed by atoms with van der Waals surface area (Å²) in [5.74, 6) is 6.08. The van der Waals surface area contributed by atoms with Crippen LogP contribution in [0.25, 0.3) is 0 Å². The molecule has 1 aromatic rings. The zero-order chi connectivity index (χ0) is 13.7. The van der Waals surface area contributed by atoms with Crippen LogP contribution in [0.2, 0.25) is 0 Å². The lowest BCUT2D eigenvalue weighted by atomic mass is 9.83. The molecule has 0 spiro atoms. The first-order valence-corrected chi connectivity index (χ1v) is 6.85. The summed E-state index contributed by atoms with van der Waals surface area (Å²) >= 11 is 0. The van der Waals surface area contributed by atoms with E-state index in [1.54, 1.807) is 12.1 Å². The molecule has 1 aliphatic carbocycles. The van der Waals surface area contributed by atoms with Gasteiger partial charge in [0.25, 0.3) is 5.91 Å².